The van der Waals surface area contributed by atoms with E-state index in [1.165, 1.54) is 0 Å². The van der Waals surface area contributed by atoms with E-state index in [1.54, 1.807) is 30.7 Å². The van der Waals surface area contributed by atoms with Crippen molar-refractivity contribution < 1.29 is 4.92 Å². The fourth-order valence-electron chi connectivity index (χ4n) is 1.76. The highest BCUT2D eigenvalue weighted by molar-refractivity contribution is 5.63. The molecule has 0 saturated heterocycles. The van der Waals surface area contributed by atoms with Gasteiger partial charge in [0.25, 0.3) is 5.69 Å². The molecule has 1 heterocycles. The second-order valence-electron chi connectivity index (χ2n) is 4.27. The van der Waals surface area contributed by atoms with Crippen LogP contribution in [0.4, 0.5) is 11.4 Å². The summed E-state index contributed by atoms with van der Waals surface area (Å²) in [6.07, 6.45) is 4.82. The Morgan fingerprint density at radius 1 is 1.37 bits per heavy atom. The lowest BCUT2D eigenvalue weighted by Gasteiger charge is -2.14. The minimum absolute atomic E-state index is 0.0655. The summed E-state index contributed by atoms with van der Waals surface area (Å²) >= 11 is 0. The molecule has 1 aromatic heterocycles. The smallest absolute Gasteiger partial charge is 0.292 e. The summed E-state index contributed by atoms with van der Waals surface area (Å²) in [5, 5.41) is 14.1. The number of anilines is 1. The SMILES string of the molecule is Cc1ccc(NC(C)c2cnccn2)c([N+](=O)[O-])c1. The van der Waals surface area contributed by atoms with Crippen molar-refractivity contribution in [2.24, 2.45) is 0 Å². The van der Waals surface area contributed by atoms with Crippen molar-refractivity contribution in [1.82, 2.24) is 9.97 Å². The molecule has 0 aliphatic rings. The molecule has 1 atom stereocenters. The molecule has 2 aromatic rings. The van der Waals surface area contributed by atoms with Gasteiger partial charge < -0.3 is 5.32 Å². The summed E-state index contributed by atoms with van der Waals surface area (Å²) in [5.41, 5.74) is 2.13. The minimum Gasteiger partial charge on any atom is -0.371 e. The van der Waals surface area contributed by atoms with Gasteiger partial charge in [0.05, 0.1) is 22.9 Å². The molecule has 0 saturated carbocycles. The molecule has 0 fully saturated rings. The molecule has 2 rings (SSSR count). The van der Waals surface area contributed by atoms with Gasteiger partial charge >= 0.3 is 0 Å². The van der Waals surface area contributed by atoms with E-state index < -0.39 is 4.92 Å². The summed E-state index contributed by atoms with van der Waals surface area (Å²) < 4.78 is 0. The number of rotatable bonds is 4. The molecular weight excluding hydrogens is 244 g/mol. The van der Waals surface area contributed by atoms with Gasteiger partial charge in [-0.2, -0.15) is 0 Å². The van der Waals surface area contributed by atoms with Gasteiger partial charge in [-0.15, -0.1) is 0 Å². The first-order chi connectivity index (χ1) is 9.08. The fraction of sp³-hybridized carbons (Fsp3) is 0.231. The van der Waals surface area contributed by atoms with E-state index >= 15 is 0 Å². The van der Waals surface area contributed by atoms with Crippen LogP contribution < -0.4 is 5.32 Å². The van der Waals surface area contributed by atoms with E-state index in [0.717, 1.165) is 11.3 Å². The van der Waals surface area contributed by atoms with Gasteiger partial charge in [0.2, 0.25) is 0 Å². The first-order valence-electron chi connectivity index (χ1n) is 5.85. The van der Waals surface area contributed by atoms with Gasteiger partial charge in [0.15, 0.2) is 0 Å². The molecular formula is C13H14N4O2. The zero-order valence-electron chi connectivity index (χ0n) is 10.7. The molecule has 0 amide bonds. The fourth-order valence-corrected chi connectivity index (χ4v) is 1.76. The highest BCUT2D eigenvalue weighted by Gasteiger charge is 2.16. The van der Waals surface area contributed by atoms with Crippen molar-refractivity contribution in [2.75, 3.05) is 5.32 Å². The maximum atomic E-state index is 11.0. The van der Waals surface area contributed by atoms with Crippen LogP contribution in [0.1, 0.15) is 24.2 Å². The van der Waals surface area contributed by atoms with E-state index in [2.05, 4.69) is 15.3 Å². The van der Waals surface area contributed by atoms with Crippen LogP contribution in [0.3, 0.4) is 0 Å². The van der Waals surface area contributed by atoms with Crippen LogP contribution in [0.5, 0.6) is 0 Å². The third kappa shape index (κ3) is 3.04. The summed E-state index contributed by atoms with van der Waals surface area (Å²) in [4.78, 5) is 18.8. The number of hydrogen-bond acceptors (Lipinski definition) is 5. The molecule has 0 aliphatic carbocycles. The molecule has 19 heavy (non-hydrogen) atoms. The molecule has 1 aromatic carbocycles. The second kappa shape index (κ2) is 5.43. The highest BCUT2D eigenvalue weighted by atomic mass is 16.6. The Labute approximate surface area is 110 Å². The van der Waals surface area contributed by atoms with Crippen molar-refractivity contribution in [3.8, 4) is 0 Å². The number of nitro groups is 1. The molecule has 0 radical (unpaired) electrons. The quantitative estimate of drug-likeness (QED) is 0.673. The number of nitrogens with one attached hydrogen (secondary N) is 1. The second-order valence-corrected chi connectivity index (χ2v) is 4.27. The maximum Gasteiger partial charge on any atom is 0.292 e. The van der Waals surface area contributed by atoms with Crippen molar-refractivity contribution in [1.29, 1.82) is 0 Å². The van der Waals surface area contributed by atoms with Gasteiger partial charge in [-0.3, -0.25) is 20.1 Å². The molecule has 0 spiro atoms. The minimum atomic E-state index is -0.390. The van der Waals surface area contributed by atoms with E-state index in [0.29, 0.717) is 5.69 Å². The lowest BCUT2D eigenvalue weighted by atomic mass is 10.1. The molecule has 1 unspecified atom stereocenters. The molecule has 98 valence electrons. The Bertz CT molecular complexity index is 586. The lowest BCUT2D eigenvalue weighted by molar-refractivity contribution is -0.384. The molecule has 0 aliphatic heterocycles. The highest BCUT2D eigenvalue weighted by Crippen LogP contribution is 2.28. The monoisotopic (exact) mass is 258 g/mol. The van der Waals surface area contributed by atoms with Crippen LogP contribution >= 0.6 is 0 Å². The average Bonchev–Trinajstić information content (AvgIpc) is 2.41. The van der Waals surface area contributed by atoms with Gasteiger partial charge in [-0.1, -0.05) is 6.07 Å². The van der Waals surface area contributed by atoms with Gasteiger partial charge in [-0.25, -0.2) is 0 Å². The van der Waals surface area contributed by atoms with Gasteiger partial charge in [0, 0.05) is 18.5 Å². The molecule has 6 nitrogen and oxygen atoms in total. The molecule has 1 N–H and O–H groups in total. The maximum absolute atomic E-state index is 11.0. The zero-order valence-corrected chi connectivity index (χ0v) is 10.7. The van der Waals surface area contributed by atoms with E-state index in [1.807, 2.05) is 19.9 Å². The normalized spacial score (nSPS) is 11.9. The standard InChI is InChI=1S/C13H14N4O2/c1-9-3-4-11(13(7-9)17(18)19)16-10(2)12-8-14-5-6-15-12/h3-8,10,16H,1-2H3. The van der Waals surface area contributed by atoms with Crippen LogP contribution in [-0.2, 0) is 0 Å². The number of aromatic nitrogens is 2. The predicted octanol–water partition coefficient (Wildman–Crippen LogP) is 2.87. The molecule has 6 heteroatoms. The largest absolute Gasteiger partial charge is 0.371 e. The van der Waals surface area contributed by atoms with Crippen LogP contribution in [0, 0.1) is 17.0 Å². The number of hydrogen-bond donors (Lipinski definition) is 1. The van der Waals surface area contributed by atoms with Gasteiger partial charge in [-0.05, 0) is 25.5 Å². The summed E-state index contributed by atoms with van der Waals surface area (Å²) in [5.74, 6) is 0. The summed E-state index contributed by atoms with van der Waals surface area (Å²) in [7, 11) is 0. The van der Waals surface area contributed by atoms with E-state index in [9.17, 15) is 10.1 Å². The van der Waals surface area contributed by atoms with Crippen LogP contribution in [0.25, 0.3) is 0 Å². The number of benzene rings is 1. The Balaban J connectivity index is 2.26. The Hall–Kier alpha value is -2.50. The first-order valence-corrected chi connectivity index (χ1v) is 5.85. The number of nitrogens with zero attached hydrogens (tertiary/aromatic N) is 3. The number of aryl methyl sites for hydroxylation is 1. The topological polar surface area (TPSA) is 81.0 Å². The van der Waals surface area contributed by atoms with Crippen LogP contribution in [-0.4, -0.2) is 14.9 Å². The van der Waals surface area contributed by atoms with Crippen molar-refractivity contribution in [3.05, 3.63) is 58.2 Å². The number of nitro benzene ring substituents is 1. The third-order valence-corrected chi connectivity index (χ3v) is 2.75. The Morgan fingerprint density at radius 3 is 2.79 bits per heavy atom. The first kappa shape index (κ1) is 12.9. The third-order valence-electron chi connectivity index (χ3n) is 2.75. The Kier molecular flexibility index (Phi) is 3.70. The van der Waals surface area contributed by atoms with Crippen molar-refractivity contribution in [2.45, 2.75) is 19.9 Å². The van der Waals surface area contributed by atoms with Crippen molar-refractivity contribution in [3.63, 3.8) is 0 Å². The lowest BCUT2D eigenvalue weighted by Crippen LogP contribution is -2.10. The molecule has 0 bridgehead atoms. The van der Waals surface area contributed by atoms with Gasteiger partial charge in [0.1, 0.15) is 5.69 Å². The predicted molar refractivity (Wildman–Crippen MR) is 71.9 cm³/mol. The van der Waals surface area contributed by atoms with E-state index in [4.69, 9.17) is 0 Å². The summed E-state index contributed by atoms with van der Waals surface area (Å²) in [6.45, 7) is 3.70. The average molecular weight is 258 g/mol. The van der Waals surface area contributed by atoms with E-state index in [-0.39, 0.29) is 11.7 Å². The zero-order chi connectivity index (χ0) is 13.8. The van der Waals surface area contributed by atoms with Crippen LogP contribution in [0.15, 0.2) is 36.8 Å². The van der Waals surface area contributed by atoms with Crippen molar-refractivity contribution >= 4 is 11.4 Å². The summed E-state index contributed by atoms with van der Waals surface area (Å²) in [6, 6.07) is 4.93. The Morgan fingerprint density at radius 2 is 2.16 bits per heavy atom. The van der Waals surface area contributed by atoms with Crippen LogP contribution in [0.2, 0.25) is 0 Å².